The predicted octanol–water partition coefficient (Wildman–Crippen LogP) is 1.46. The maximum absolute atomic E-state index is 12.9. The number of ether oxygens (including phenoxy) is 1. The first-order chi connectivity index (χ1) is 12.6. The van der Waals surface area contributed by atoms with Crippen molar-refractivity contribution in [3.8, 4) is 5.75 Å². The van der Waals surface area contributed by atoms with Gasteiger partial charge in [0.05, 0.1) is 18.8 Å². The third-order valence-corrected chi connectivity index (χ3v) is 4.14. The molecule has 0 radical (unpaired) electrons. The van der Waals surface area contributed by atoms with Gasteiger partial charge in [0, 0.05) is 13.6 Å². The van der Waals surface area contributed by atoms with Crippen molar-refractivity contribution in [2.24, 2.45) is 0 Å². The van der Waals surface area contributed by atoms with Crippen molar-refractivity contribution in [1.82, 2.24) is 10.6 Å². The number of hydrogen-bond acceptors (Lipinski definition) is 4. The van der Waals surface area contributed by atoms with Crippen molar-refractivity contribution < 1.29 is 18.7 Å². The molecule has 0 spiro atoms. The molecule has 1 atom stereocenters. The van der Waals surface area contributed by atoms with Crippen molar-refractivity contribution in [2.75, 3.05) is 25.0 Å². The molecule has 0 unspecified atom stereocenters. The van der Waals surface area contributed by atoms with Gasteiger partial charge in [-0.1, -0.05) is 24.3 Å². The van der Waals surface area contributed by atoms with E-state index in [0.29, 0.717) is 12.3 Å². The van der Waals surface area contributed by atoms with Crippen molar-refractivity contribution >= 4 is 17.5 Å². The smallest absolute Gasteiger partial charge is 0.262 e. The third-order valence-electron chi connectivity index (χ3n) is 4.14. The molecule has 2 N–H and O–H groups in total. The first-order valence-corrected chi connectivity index (χ1v) is 8.30. The molecule has 0 aromatic heterocycles. The fourth-order valence-corrected chi connectivity index (χ4v) is 2.79. The molecule has 6 nitrogen and oxygen atoms in total. The van der Waals surface area contributed by atoms with Gasteiger partial charge < -0.3 is 20.3 Å². The highest BCUT2D eigenvalue weighted by molar-refractivity contribution is 5.86. The number of nitrogens with zero attached hydrogens (tertiary/aromatic N) is 1. The summed E-state index contributed by atoms with van der Waals surface area (Å²) in [5.74, 6) is -0.179. The molecular formula is C19H20FN3O3. The predicted molar refractivity (Wildman–Crippen MR) is 95.4 cm³/mol. The van der Waals surface area contributed by atoms with Crippen molar-refractivity contribution in [3.05, 3.63) is 59.9 Å². The van der Waals surface area contributed by atoms with E-state index in [2.05, 4.69) is 10.6 Å². The summed E-state index contributed by atoms with van der Waals surface area (Å²) in [5, 5.41) is 5.38. The lowest BCUT2D eigenvalue weighted by Gasteiger charge is -2.35. The van der Waals surface area contributed by atoms with Gasteiger partial charge in [-0.15, -0.1) is 0 Å². The summed E-state index contributed by atoms with van der Waals surface area (Å²) >= 11 is 0. The summed E-state index contributed by atoms with van der Waals surface area (Å²) in [6, 6.07) is 13.3. The minimum Gasteiger partial charge on any atom is -0.477 e. The summed E-state index contributed by atoms with van der Waals surface area (Å²) in [7, 11) is 1.55. The number of carbonyl (C=O) groups excluding carboxylic acids is 2. The normalized spacial score (nSPS) is 15.6. The Morgan fingerprint density at radius 2 is 1.92 bits per heavy atom. The van der Waals surface area contributed by atoms with Crippen molar-refractivity contribution in [3.63, 3.8) is 0 Å². The molecular weight excluding hydrogens is 337 g/mol. The molecule has 3 rings (SSSR count). The zero-order valence-electron chi connectivity index (χ0n) is 14.4. The largest absolute Gasteiger partial charge is 0.477 e. The fraction of sp³-hybridized carbons (Fsp3) is 0.263. The van der Waals surface area contributed by atoms with E-state index < -0.39 is 6.10 Å². The van der Waals surface area contributed by atoms with E-state index in [9.17, 15) is 14.0 Å². The van der Waals surface area contributed by atoms with Crippen LogP contribution in [-0.4, -0.2) is 38.1 Å². The Balaban J connectivity index is 1.66. The number of para-hydroxylation sites is 2. The highest BCUT2D eigenvalue weighted by atomic mass is 19.1. The molecule has 0 fully saturated rings. The summed E-state index contributed by atoms with van der Waals surface area (Å²) < 4.78 is 18.6. The van der Waals surface area contributed by atoms with Gasteiger partial charge in [0.15, 0.2) is 6.10 Å². The number of carbonyl (C=O) groups is 2. The van der Waals surface area contributed by atoms with Crippen LogP contribution in [0.5, 0.6) is 5.75 Å². The van der Waals surface area contributed by atoms with Gasteiger partial charge in [-0.2, -0.15) is 0 Å². The molecule has 0 saturated heterocycles. The lowest BCUT2D eigenvalue weighted by molar-refractivity contribution is -0.127. The molecule has 0 aliphatic carbocycles. The number of hydrogen-bond donors (Lipinski definition) is 2. The van der Waals surface area contributed by atoms with Crippen LogP contribution in [0.25, 0.3) is 0 Å². The number of nitrogens with one attached hydrogen (secondary N) is 2. The van der Waals surface area contributed by atoms with Crippen LogP contribution in [0.2, 0.25) is 0 Å². The second-order valence-electron chi connectivity index (χ2n) is 5.97. The van der Waals surface area contributed by atoms with Crippen LogP contribution in [0.15, 0.2) is 48.5 Å². The Hall–Kier alpha value is -3.09. The Labute approximate surface area is 150 Å². The second kappa shape index (κ2) is 7.86. The average Bonchev–Trinajstić information content (AvgIpc) is 2.66. The highest BCUT2D eigenvalue weighted by Gasteiger charge is 2.30. The van der Waals surface area contributed by atoms with E-state index in [-0.39, 0.29) is 30.7 Å². The topological polar surface area (TPSA) is 70.7 Å². The van der Waals surface area contributed by atoms with Gasteiger partial charge in [-0.25, -0.2) is 4.39 Å². The first-order valence-electron chi connectivity index (χ1n) is 8.30. The fourth-order valence-electron chi connectivity index (χ4n) is 2.79. The standard InChI is InChI=1S/C19H20FN3O3/c1-21-19(25)17-11-23(15-4-2-3-5-16(15)26-17)12-18(24)22-10-13-6-8-14(20)9-7-13/h2-9,17H,10-12H2,1H3,(H,21,25)(H,22,24)/t17-/m0/s1. The van der Waals surface area contributed by atoms with Crippen molar-refractivity contribution in [2.45, 2.75) is 12.6 Å². The van der Waals surface area contributed by atoms with Crippen LogP contribution in [0.4, 0.5) is 10.1 Å². The molecule has 136 valence electrons. The summed E-state index contributed by atoms with van der Waals surface area (Å²) in [6.07, 6.45) is -0.681. The van der Waals surface area contributed by atoms with Crippen LogP contribution in [0.1, 0.15) is 5.56 Å². The van der Waals surface area contributed by atoms with E-state index in [1.807, 2.05) is 23.1 Å². The lowest BCUT2D eigenvalue weighted by atomic mass is 10.1. The molecule has 26 heavy (non-hydrogen) atoms. The van der Waals surface area contributed by atoms with Gasteiger partial charge in [0.1, 0.15) is 11.6 Å². The zero-order valence-corrected chi connectivity index (χ0v) is 14.4. The Kier molecular flexibility index (Phi) is 5.36. The van der Waals surface area contributed by atoms with Gasteiger partial charge in [0.2, 0.25) is 5.91 Å². The van der Waals surface area contributed by atoms with Crippen LogP contribution < -0.4 is 20.3 Å². The lowest BCUT2D eigenvalue weighted by Crippen LogP contribution is -2.50. The maximum atomic E-state index is 12.9. The number of likely N-dealkylation sites (N-methyl/N-ethyl adjacent to an activating group) is 1. The molecule has 2 amide bonds. The Morgan fingerprint density at radius 3 is 2.65 bits per heavy atom. The van der Waals surface area contributed by atoms with Gasteiger partial charge in [-0.3, -0.25) is 9.59 Å². The van der Waals surface area contributed by atoms with E-state index in [0.717, 1.165) is 11.3 Å². The Bertz CT molecular complexity index is 795. The minimum atomic E-state index is -0.681. The Morgan fingerprint density at radius 1 is 1.19 bits per heavy atom. The summed E-state index contributed by atoms with van der Waals surface area (Å²) in [6.45, 7) is 0.680. The number of benzene rings is 2. The molecule has 2 aromatic rings. The summed E-state index contributed by atoms with van der Waals surface area (Å²) in [4.78, 5) is 26.1. The molecule has 0 saturated carbocycles. The number of rotatable bonds is 5. The van der Waals surface area contributed by atoms with Crippen LogP contribution in [0.3, 0.4) is 0 Å². The molecule has 2 aromatic carbocycles. The first kappa shape index (κ1) is 17.7. The van der Waals surface area contributed by atoms with Gasteiger partial charge in [0.25, 0.3) is 5.91 Å². The molecule has 0 bridgehead atoms. The summed E-state index contributed by atoms with van der Waals surface area (Å²) in [5.41, 5.74) is 1.58. The zero-order chi connectivity index (χ0) is 18.5. The number of halogens is 1. The molecule has 1 aliphatic rings. The average molecular weight is 357 g/mol. The molecule has 1 aliphatic heterocycles. The van der Waals surface area contributed by atoms with E-state index in [1.54, 1.807) is 25.2 Å². The SMILES string of the molecule is CNC(=O)[C@@H]1CN(CC(=O)NCc2ccc(F)cc2)c2ccccc2O1. The maximum Gasteiger partial charge on any atom is 0.262 e. The number of anilines is 1. The van der Waals surface area contributed by atoms with Crippen LogP contribution in [-0.2, 0) is 16.1 Å². The van der Waals surface area contributed by atoms with Crippen LogP contribution >= 0.6 is 0 Å². The minimum absolute atomic E-state index is 0.0923. The highest BCUT2D eigenvalue weighted by Crippen LogP contribution is 2.32. The van der Waals surface area contributed by atoms with Gasteiger partial charge >= 0.3 is 0 Å². The van der Waals surface area contributed by atoms with Gasteiger partial charge in [-0.05, 0) is 29.8 Å². The monoisotopic (exact) mass is 357 g/mol. The third kappa shape index (κ3) is 4.11. The molecule has 1 heterocycles. The van der Waals surface area contributed by atoms with Crippen molar-refractivity contribution in [1.29, 1.82) is 0 Å². The quantitative estimate of drug-likeness (QED) is 0.850. The van der Waals surface area contributed by atoms with Crippen LogP contribution in [0, 0.1) is 5.82 Å². The number of amides is 2. The van der Waals surface area contributed by atoms with E-state index >= 15 is 0 Å². The van der Waals surface area contributed by atoms with E-state index in [1.165, 1.54) is 12.1 Å². The molecule has 7 heteroatoms. The van der Waals surface area contributed by atoms with E-state index in [4.69, 9.17) is 4.74 Å². The second-order valence-corrected chi connectivity index (χ2v) is 5.97. The number of fused-ring (bicyclic) bond motifs is 1.